The van der Waals surface area contributed by atoms with Crippen molar-refractivity contribution in [3.63, 3.8) is 0 Å². The molecule has 0 spiro atoms. The van der Waals surface area contributed by atoms with Crippen LogP contribution in [0, 0.1) is 0 Å². The second-order valence-corrected chi connectivity index (χ2v) is 3.95. The molecule has 16 heavy (non-hydrogen) atoms. The van der Waals surface area contributed by atoms with Gasteiger partial charge in [0, 0.05) is 13.7 Å². The van der Waals surface area contributed by atoms with E-state index in [2.05, 4.69) is 10.6 Å². The molecule has 0 aliphatic carbocycles. The molecule has 0 atom stereocenters. The molecule has 0 unspecified atom stereocenters. The van der Waals surface area contributed by atoms with Crippen LogP contribution < -0.4 is 10.6 Å². The van der Waals surface area contributed by atoms with Gasteiger partial charge in [-0.25, -0.2) is 0 Å². The van der Waals surface area contributed by atoms with Gasteiger partial charge in [0.05, 0.1) is 18.0 Å². The Bertz CT molecular complexity index is 338. The number of carbonyl (C=O) groups excluding carboxylic acids is 2. The second-order valence-electron chi connectivity index (χ2n) is 3.00. The molecular weight excluding hydrogens is 228 g/mol. The van der Waals surface area contributed by atoms with Crippen molar-refractivity contribution < 1.29 is 14.3 Å². The van der Waals surface area contributed by atoms with Crippen molar-refractivity contribution in [3.05, 3.63) is 22.4 Å². The van der Waals surface area contributed by atoms with E-state index in [9.17, 15) is 9.59 Å². The maximum absolute atomic E-state index is 11.4. The summed E-state index contributed by atoms with van der Waals surface area (Å²) >= 11 is 1.34. The van der Waals surface area contributed by atoms with Gasteiger partial charge in [-0.1, -0.05) is 6.07 Å². The van der Waals surface area contributed by atoms with Crippen LogP contribution in [0.1, 0.15) is 9.67 Å². The predicted octanol–water partition coefficient (Wildman–Crippen LogP) is 0.241. The number of amides is 2. The topological polar surface area (TPSA) is 67.4 Å². The fourth-order valence-corrected chi connectivity index (χ4v) is 1.65. The van der Waals surface area contributed by atoms with Gasteiger partial charge in [-0.05, 0) is 11.4 Å². The van der Waals surface area contributed by atoms with Crippen LogP contribution in [0.3, 0.4) is 0 Å². The standard InChI is InChI=1S/C10H14N2O3S/c1-15-5-4-11-9(13)7-12-10(14)8-3-2-6-16-8/h2-3,6H,4-5,7H2,1H3,(H,11,13)(H,12,14). The predicted molar refractivity (Wildman–Crippen MR) is 61.5 cm³/mol. The van der Waals surface area contributed by atoms with Gasteiger partial charge in [0.25, 0.3) is 5.91 Å². The van der Waals surface area contributed by atoms with Gasteiger partial charge in [-0.15, -0.1) is 11.3 Å². The number of hydrogen-bond acceptors (Lipinski definition) is 4. The molecule has 0 saturated heterocycles. The SMILES string of the molecule is COCCNC(=O)CNC(=O)c1cccs1. The van der Waals surface area contributed by atoms with Crippen LogP contribution in [0.25, 0.3) is 0 Å². The summed E-state index contributed by atoms with van der Waals surface area (Å²) in [5, 5.41) is 6.95. The lowest BCUT2D eigenvalue weighted by molar-refractivity contribution is -0.120. The molecule has 0 radical (unpaired) electrons. The Kier molecular flexibility index (Phi) is 5.52. The first-order valence-electron chi connectivity index (χ1n) is 4.81. The minimum Gasteiger partial charge on any atom is -0.383 e. The lowest BCUT2D eigenvalue weighted by Gasteiger charge is -2.05. The van der Waals surface area contributed by atoms with E-state index in [1.54, 1.807) is 19.2 Å². The van der Waals surface area contributed by atoms with Gasteiger partial charge in [0.2, 0.25) is 5.91 Å². The highest BCUT2D eigenvalue weighted by Gasteiger charge is 2.07. The summed E-state index contributed by atoms with van der Waals surface area (Å²) in [5.74, 6) is -0.446. The maximum atomic E-state index is 11.4. The summed E-state index contributed by atoms with van der Waals surface area (Å²) in [6.45, 7) is 0.898. The Labute approximate surface area is 97.8 Å². The molecule has 1 aromatic heterocycles. The van der Waals surface area contributed by atoms with Crippen LogP contribution in [-0.4, -0.2) is 38.6 Å². The Morgan fingerprint density at radius 1 is 1.44 bits per heavy atom. The van der Waals surface area contributed by atoms with E-state index in [1.807, 2.05) is 5.38 Å². The Morgan fingerprint density at radius 3 is 2.88 bits per heavy atom. The average Bonchev–Trinajstić information content (AvgIpc) is 2.79. The molecule has 0 aliphatic heterocycles. The summed E-state index contributed by atoms with van der Waals surface area (Å²) in [6, 6.07) is 3.50. The van der Waals surface area contributed by atoms with Crippen LogP contribution in [0.15, 0.2) is 17.5 Å². The van der Waals surface area contributed by atoms with E-state index in [4.69, 9.17) is 4.74 Å². The molecule has 0 aromatic carbocycles. The summed E-state index contributed by atoms with van der Waals surface area (Å²) < 4.78 is 4.78. The van der Waals surface area contributed by atoms with Crippen LogP contribution in [0.2, 0.25) is 0 Å². The number of hydrogen-bond donors (Lipinski definition) is 2. The third-order valence-corrected chi connectivity index (χ3v) is 2.65. The van der Waals surface area contributed by atoms with E-state index >= 15 is 0 Å². The van der Waals surface area contributed by atoms with E-state index in [1.165, 1.54) is 11.3 Å². The van der Waals surface area contributed by atoms with Gasteiger partial charge in [-0.2, -0.15) is 0 Å². The summed E-state index contributed by atoms with van der Waals surface area (Å²) in [4.78, 5) is 23.3. The molecule has 88 valence electrons. The van der Waals surface area contributed by atoms with Gasteiger partial charge >= 0.3 is 0 Å². The lowest BCUT2D eigenvalue weighted by atomic mass is 10.4. The first-order chi connectivity index (χ1) is 7.74. The maximum Gasteiger partial charge on any atom is 0.261 e. The molecule has 2 amide bonds. The zero-order valence-corrected chi connectivity index (χ0v) is 9.80. The molecular formula is C10H14N2O3S. The Balaban J connectivity index is 2.19. The van der Waals surface area contributed by atoms with Crippen molar-refractivity contribution in [1.29, 1.82) is 0 Å². The molecule has 0 saturated carbocycles. The Morgan fingerprint density at radius 2 is 2.25 bits per heavy atom. The van der Waals surface area contributed by atoms with Crippen LogP contribution in [0.5, 0.6) is 0 Å². The Hall–Kier alpha value is -1.40. The van der Waals surface area contributed by atoms with E-state index in [0.717, 1.165) is 0 Å². The fourth-order valence-electron chi connectivity index (χ4n) is 1.01. The normalized spacial score (nSPS) is 9.81. The van der Waals surface area contributed by atoms with Crippen LogP contribution >= 0.6 is 11.3 Å². The van der Waals surface area contributed by atoms with Gasteiger partial charge in [0.15, 0.2) is 0 Å². The molecule has 5 nitrogen and oxygen atoms in total. The highest BCUT2D eigenvalue weighted by Crippen LogP contribution is 2.07. The first kappa shape index (κ1) is 12.7. The molecule has 1 aromatic rings. The third-order valence-electron chi connectivity index (χ3n) is 1.78. The quantitative estimate of drug-likeness (QED) is 0.702. The summed E-state index contributed by atoms with van der Waals surface area (Å²) in [5.41, 5.74) is 0. The van der Waals surface area contributed by atoms with Crippen LogP contribution in [-0.2, 0) is 9.53 Å². The third kappa shape index (κ3) is 4.41. The molecule has 0 bridgehead atoms. The van der Waals surface area contributed by atoms with Crippen LogP contribution in [0.4, 0.5) is 0 Å². The van der Waals surface area contributed by atoms with Gasteiger partial charge in [0.1, 0.15) is 0 Å². The molecule has 1 rings (SSSR count). The highest BCUT2D eigenvalue weighted by atomic mass is 32.1. The zero-order valence-electron chi connectivity index (χ0n) is 8.99. The minimum atomic E-state index is -0.225. The van der Waals surface area contributed by atoms with Crippen molar-refractivity contribution in [1.82, 2.24) is 10.6 Å². The molecule has 2 N–H and O–H groups in total. The number of carbonyl (C=O) groups is 2. The largest absolute Gasteiger partial charge is 0.383 e. The van der Waals surface area contributed by atoms with E-state index in [-0.39, 0.29) is 18.4 Å². The molecule has 6 heteroatoms. The van der Waals surface area contributed by atoms with E-state index in [0.29, 0.717) is 18.0 Å². The fraction of sp³-hybridized carbons (Fsp3) is 0.400. The van der Waals surface area contributed by atoms with Crippen molar-refractivity contribution in [3.8, 4) is 0 Å². The first-order valence-corrected chi connectivity index (χ1v) is 5.69. The number of rotatable bonds is 6. The van der Waals surface area contributed by atoms with Crippen molar-refractivity contribution in [2.24, 2.45) is 0 Å². The van der Waals surface area contributed by atoms with Gasteiger partial charge in [-0.3, -0.25) is 9.59 Å². The number of ether oxygens (including phenoxy) is 1. The zero-order chi connectivity index (χ0) is 11.8. The van der Waals surface area contributed by atoms with E-state index < -0.39 is 0 Å². The minimum absolute atomic E-state index is 0.0134. The molecule has 1 heterocycles. The highest BCUT2D eigenvalue weighted by molar-refractivity contribution is 7.12. The number of nitrogens with one attached hydrogen (secondary N) is 2. The summed E-state index contributed by atoms with van der Waals surface area (Å²) in [7, 11) is 1.56. The molecule has 0 aliphatic rings. The monoisotopic (exact) mass is 242 g/mol. The van der Waals surface area contributed by atoms with Crippen molar-refractivity contribution >= 4 is 23.2 Å². The number of thiophene rings is 1. The smallest absolute Gasteiger partial charge is 0.261 e. The lowest BCUT2D eigenvalue weighted by Crippen LogP contribution is -2.37. The average molecular weight is 242 g/mol. The van der Waals surface area contributed by atoms with Crippen molar-refractivity contribution in [2.75, 3.05) is 26.8 Å². The van der Waals surface area contributed by atoms with Gasteiger partial charge < -0.3 is 15.4 Å². The molecule has 0 fully saturated rings. The number of methoxy groups -OCH3 is 1. The van der Waals surface area contributed by atoms with Crippen molar-refractivity contribution in [2.45, 2.75) is 0 Å². The second kappa shape index (κ2) is 6.97. The summed E-state index contributed by atoms with van der Waals surface area (Å²) in [6.07, 6.45) is 0.